The third-order valence-corrected chi connectivity index (χ3v) is 5.78. The van der Waals surface area contributed by atoms with Crippen LogP contribution in [0, 0.1) is 25.5 Å². The summed E-state index contributed by atoms with van der Waals surface area (Å²) in [5.74, 6) is -3.24. The van der Waals surface area contributed by atoms with Crippen molar-refractivity contribution >= 4 is 21.4 Å². The van der Waals surface area contributed by atoms with Crippen LogP contribution in [0.3, 0.4) is 0 Å². The Morgan fingerprint density at radius 2 is 1.73 bits per heavy atom. The summed E-state index contributed by atoms with van der Waals surface area (Å²) < 4.78 is 51.9. The highest BCUT2D eigenvalue weighted by molar-refractivity contribution is 7.94. The van der Waals surface area contributed by atoms with E-state index in [2.05, 4.69) is 0 Å². The number of aryl methyl sites for hydroxylation is 2. The third kappa shape index (κ3) is 3.39. The molecule has 0 aliphatic carbocycles. The molecule has 7 heteroatoms. The maximum Gasteiger partial charge on any atom is 0.264 e. The van der Waals surface area contributed by atoms with Gasteiger partial charge in [-0.2, -0.15) is 0 Å². The molecule has 1 aliphatic heterocycles. The maximum absolute atomic E-state index is 14.1. The zero-order valence-corrected chi connectivity index (χ0v) is 15.1. The quantitative estimate of drug-likeness (QED) is 0.822. The van der Waals surface area contributed by atoms with Gasteiger partial charge in [0, 0.05) is 11.1 Å². The number of halogens is 2. The molecule has 0 aromatic heterocycles. The molecule has 1 atom stereocenters. The molecule has 26 heavy (non-hydrogen) atoms. The first-order valence-electron chi connectivity index (χ1n) is 7.95. The van der Waals surface area contributed by atoms with Crippen LogP contribution in [0.4, 0.5) is 14.5 Å². The van der Waals surface area contributed by atoms with E-state index in [1.165, 1.54) is 12.1 Å². The average Bonchev–Trinajstić information content (AvgIpc) is 2.90. The number of nitrogens with zero attached hydrogens (tertiary/aromatic N) is 1. The van der Waals surface area contributed by atoms with Gasteiger partial charge in [0.05, 0.1) is 11.8 Å². The largest absolute Gasteiger partial charge is 0.300 e. The fourth-order valence-corrected chi connectivity index (χ4v) is 4.15. The molecule has 1 aliphatic rings. The Kier molecular flexibility index (Phi) is 4.66. The van der Waals surface area contributed by atoms with Crippen molar-refractivity contribution in [2.75, 3.05) is 10.7 Å². The molecule has 2 aromatic carbocycles. The van der Waals surface area contributed by atoms with Gasteiger partial charge in [-0.25, -0.2) is 17.2 Å². The van der Waals surface area contributed by atoms with Crippen molar-refractivity contribution < 1.29 is 22.0 Å². The number of anilines is 1. The molecule has 136 valence electrons. The molecular weight excluding hydrogens is 360 g/mol. The Balaban J connectivity index is 2.13. The smallest absolute Gasteiger partial charge is 0.264 e. The topological polar surface area (TPSA) is 54.5 Å². The van der Waals surface area contributed by atoms with Crippen molar-refractivity contribution in [3.8, 4) is 0 Å². The van der Waals surface area contributed by atoms with Gasteiger partial charge in [-0.15, -0.1) is 0 Å². The fourth-order valence-electron chi connectivity index (χ4n) is 2.88. The highest BCUT2D eigenvalue weighted by Gasteiger charge is 2.34. The summed E-state index contributed by atoms with van der Waals surface area (Å²) in [4.78, 5) is 14.1. The van der Waals surface area contributed by atoms with Crippen LogP contribution in [0.25, 0.3) is 0 Å². The summed E-state index contributed by atoms with van der Waals surface area (Å²) in [6.45, 7) is 3.73. The summed E-state index contributed by atoms with van der Waals surface area (Å²) in [5, 5.41) is 1.02. The molecule has 0 radical (unpaired) electrons. The van der Waals surface area contributed by atoms with Crippen LogP contribution in [-0.2, 0) is 9.84 Å². The normalized spacial score (nSPS) is 18.1. The number of sulfone groups is 1. The van der Waals surface area contributed by atoms with Gasteiger partial charge >= 0.3 is 0 Å². The molecule has 4 nitrogen and oxygen atoms in total. The van der Waals surface area contributed by atoms with Gasteiger partial charge < -0.3 is 4.90 Å². The summed E-state index contributed by atoms with van der Waals surface area (Å²) >= 11 is 0. The SMILES string of the molecule is Cc1ccc(N(C(=O)c2c(F)cccc2F)[C@@H]2C=CS(=O)(=O)C2)cc1C. The van der Waals surface area contributed by atoms with Gasteiger partial charge in [-0.3, -0.25) is 4.79 Å². The Bertz CT molecular complexity index is 995. The lowest BCUT2D eigenvalue weighted by molar-refractivity contribution is 0.0975. The number of carbonyl (C=O) groups excluding carboxylic acids is 1. The van der Waals surface area contributed by atoms with E-state index in [9.17, 15) is 22.0 Å². The Morgan fingerprint density at radius 1 is 1.08 bits per heavy atom. The van der Waals surface area contributed by atoms with Crippen LogP contribution >= 0.6 is 0 Å². The first-order valence-corrected chi connectivity index (χ1v) is 9.67. The lowest BCUT2D eigenvalue weighted by Crippen LogP contribution is -2.42. The molecule has 0 saturated heterocycles. The number of benzene rings is 2. The van der Waals surface area contributed by atoms with Gasteiger partial charge in [0.2, 0.25) is 0 Å². The van der Waals surface area contributed by atoms with Crippen LogP contribution in [0.15, 0.2) is 47.9 Å². The summed E-state index contributed by atoms with van der Waals surface area (Å²) in [6.07, 6.45) is 1.36. The second-order valence-electron chi connectivity index (χ2n) is 6.27. The second-order valence-corrected chi connectivity index (χ2v) is 8.20. The molecule has 3 rings (SSSR count). The van der Waals surface area contributed by atoms with E-state index in [0.29, 0.717) is 5.69 Å². The van der Waals surface area contributed by atoms with Gasteiger partial charge in [0.15, 0.2) is 9.84 Å². The molecule has 0 unspecified atom stereocenters. The van der Waals surface area contributed by atoms with E-state index < -0.39 is 39.0 Å². The lowest BCUT2D eigenvalue weighted by atomic mass is 10.1. The predicted molar refractivity (Wildman–Crippen MR) is 95.8 cm³/mol. The number of carbonyl (C=O) groups is 1. The first kappa shape index (κ1) is 18.3. The fraction of sp³-hybridized carbons (Fsp3) is 0.211. The Hall–Kier alpha value is -2.54. The summed E-state index contributed by atoms with van der Waals surface area (Å²) in [5.41, 5.74) is 1.53. The van der Waals surface area contributed by atoms with Gasteiger partial charge in [-0.1, -0.05) is 12.1 Å². The minimum atomic E-state index is -3.46. The summed E-state index contributed by atoms with van der Waals surface area (Å²) in [7, 11) is -3.46. The van der Waals surface area contributed by atoms with E-state index in [1.807, 2.05) is 13.8 Å². The maximum atomic E-state index is 14.1. The Labute approximate surface area is 150 Å². The molecule has 0 bridgehead atoms. The first-order chi connectivity index (χ1) is 12.2. The zero-order valence-electron chi connectivity index (χ0n) is 14.2. The van der Waals surface area contributed by atoms with E-state index >= 15 is 0 Å². The molecule has 1 amide bonds. The van der Waals surface area contributed by atoms with Crippen molar-refractivity contribution in [3.63, 3.8) is 0 Å². The van der Waals surface area contributed by atoms with Crippen molar-refractivity contribution in [3.05, 3.63) is 76.2 Å². The highest BCUT2D eigenvalue weighted by atomic mass is 32.2. The van der Waals surface area contributed by atoms with Gasteiger partial charge in [-0.05, 0) is 55.3 Å². The van der Waals surface area contributed by atoms with Crippen LogP contribution in [0.1, 0.15) is 21.5 Å². The van der Waals surface area contributed by atoms with Crippen molar-refractivity contribution in [2.24, 2.45) is 0 Å². The minimum absolute atomic E-state index is 0.332. The lowest BCUT2D eigenvalue weighted by Gasteiger charge is -2.28. The second kappa shape index (κ2) is 6.64. The molecular formula is C19H17F2NO3S. The standard InChI is InChI=1S/C19H17F2NO3S/c1-12-6-7-14(10-13(12)2)22(15-8-9-26(24,25)11-15)19(23)18-16(20)4-3-5-17(18)21/h3-10,15H,11H2,1-2H3/t15-/m1/s1. The molecule has 2 aromatic rings. The van der Waals surface area contributed by atoms with Crippen molar-refractivity contribution in [2.45, 2.75) is 19.9 Å². The predicted octanol–water partition coefficient (Wildman–Crippen LogP) is 3.54. The van der Waals surface area contributed by atoms with E-state index in [1.54, 1.807) is 18.2 Å². The van der Waals surface area contributed by atoms with Gasteiger partial charge in [0.1, 0.15) is 17.2 Å². The number of amides is 1. The number of rotatable bonds is 3. The Morgan fingerprint density at radius 3 is 2.27 bits per heavy atom. The minimum Gasteiger partial charge on any atom is -0.300 e. The van der Waals surface area contributed by atoms with Gasteiger partial charge in [0.25, 0.3) is 5.91 Å². The molecule has 0 saturated carbocycles. The molecule has 0 spiro atoms. The van der Waals surface area contributed by atoms with Crippen molar-refractivity contribution in [1.29, 1.82) is 0 Å². The monoisotopic (exact) mass is 377 g/mol. The van der Waals surface area contributed by atoms with E-state index in [0.717, 1.165) is 33.6 Å². The number of hydrogen-bond acceptors (Lipinski definition) is 3. The average molecular weight is 377 g/mol. The van der Waals surface area contributed by atoms with Crippen LogP contribution in [0.5, 0.6) is 0 Å². The van der Waals surface area contributed by atoms with Crippen molar-refractivity contribution in [1.82, 2.24) is 0 Å². The molecule has 1 heterocycles. The third-order valence-electron chi connectivity index (χ3n) is 4.41. The molecule has 0 N–H and O–H groups in total. The molecule has 0 fully saturated rings. The van der Waals surface area contributed by atoms with Crippen LogP contribution in [-0.4, -0.2) is 26.1 Å². The summed E-state index contributed by atoms with van der Waals surface area (Å²) in [6, 6.07) is 7.43. The zero-order chi connectivity index (χ0) is 19.1. The van der Waals surface area contributed by atoms with Crippen LogP contribution in [0.2, 0.25) is 0 Å². The van der Waals surface area contributed by atoms with Crippen LogP contribution < -0.4 is 4.90 Å². The van der Waals surface area contributed by atoms with E-state index in [4.69, 9.17) is 0 Å². The highest BCUT2D eigenvalue weighted by Crippen LogP contribution is 2.28. The number of hydrogen-bond donors (Lipinski definition) is 0. The van der Waals surface area contributed by atoms with E-state index in [-0.39, 0.29) is 5.75 Å².